The number of unbranched alkanes of at least 4 members (excludes halogenated alkanes) is 1. The number of aryl methyl sites for hydroxylation is 4. The van der Waals surface area contributed by atoms with Gasteiger partial charge in [-0.25, -0.2) is 29.9 Å². The number of fused-ring (bicyclic) bond motifs is 6. The Morgan fingerprint density at radius 3 is 0.855 bits per heavy atom. The molecule has 680 valence electrons. The van der Waals surface area contributed by atoms with Crippen molar-refractivity contribution in [2.75, 3.05) is 0 Å². The highest BCUT2D eigenvalue weighted by Crippen LogP contribution is 2.29. The maximum absolute atomic E-state index is 6.37. The van der Waals surface area contributed by atoms with Gasteiger partial charge in [0.05, 0.1) is 79.3 Å². The Morgan fingerprint density at radius 1 is 0.268 bits per heavy atom. The number of terminal acetylenes is 1. The van der Waals surface area contributed by atoms with Crippen molar-refractivity contribution in [3.8, 4) is 12.3 Å². The van der Waals surface area contributed by atoms with E-state index in [4.69, 9.17) is 42.9 Å². The quantitative estimate of drug-likeness (QED) is 0.0558. The van der Waals surface area contributed by atoms with Crippen LogP contribution in [0.25, 0.3) is 139 Å². The van der Waals surface area contributed by atoms with E-state index in [9.17, 15) is 0 Å². The molecule has 21 aromatic rings. The fourth-order valence-electron chi connectivity index (χ4n) is 16.3. The van der Waals surface area contributed by atoms with Crippen LogP contribution in [0.4, 0.5) is 0 Å². The van der Waals surface area contributed by atoms with Crippen LogP contribution in [0.1, 0.15) is 135 Å². The third kappa shape index (κ3) is 25.7. The largest absolute Gasteiger partial charge is 0.324 e. The van der Waals surface area contributed by atoms with Crippen molar-refractivity contribution in [2.24, 2.45) is 5.92 Å². The maximum Gasteiger partial charge on any atom is 0.134 e. The Bertz CT molecular complexity index is 7750. The Balaban J connectivity index is 0.000000120. The van der Waals surface area contributed by atoms with E-state index >= 15 is 0 Å². The highest BCUT2D eigenvalue weighted by molar-refractivity contribution is 6.31. The van der Waals surface area contributed by atoms with Gasteiger partial charge in [-0.05, 0) is 198 Å². The summed E-state index contributed by atoms with van der Waals surface area (Å²) in [5.74, 6) is 9.10. The standard InChI is InChI=1S/C24H22N2.C23H20N2.C22H17ClN2.2C19H20N2.C18H14N2/c1-18-7-11-20(12-8-18)15-16-24-25-22-5-3-4-6-23(22)26(24)17-21-13-9-19(2)10-14-21;1-18-11-13-19(14-12-18)15-16-23-24-21-9-5-6-10-22(21)25(23)17-20-7-3-2-4-8-20;23-19-11-5-4-10-18(19)16-25-21-13-7-6-12-20(21)24-22(25)15-14-17-8-2-1-3-9-17;1-15(2)14-21-18-11-7-6-10-17(18)20-19(21)13-12-16-8-4-3-5-9-16;1-2-3-15-21-18-12-8-7-11-17(18)20-19(21)14-13-16-9-5-4-6-10-16;1-2-14-20-17-11-7-6-10-16(17)19-18(20)13-12-15-8-4-3-5-9-15/h3-16H,17H2,1-2H3;2-16H,17H2,1H3;1-15H,16H2;3-13,15H,14H2,1-2H3;4-14H,2-3,15H2,1H3;1,3-13H,14H2/b2*16-15+;15-14+;13-12+;14-13+;13-12+. The van der Waals surface area contributed by atoms with Crippen LogP contribution in [0, 0.1) is 39.0 Å². The van der Waals surface area contributed by atoms with E-state index in [1.165, 1.54) is 73.9 Å². The molecular formula is C125H113ClN12. The van der Waals surface area contributed by atoms with Gasteiger partial charge < -0.3 is 27.4 Å². The third-order valence-electron chi connectivity index (χ3n) is 23.5. The molecule has 13 heteroatoms. The fourth-order valence-corrected chi connectivity index (χ4v) is 16.5. The highest BCUT2D eigenvalue weighted by atomic mass is 35.5. The van der Waals surface area contributed by atoms with Crippen molar-refractivity contribution in [3.63, 3.8) is 0 Å². The molecule has 0 saturated carbocycles. The number of hydrogen-bond donors (Lipinski definition) is 0. The Hall–Kier alpha value is -16.6. The third-order valence-corrected chi connectivity index (χ3v) is 23.8. The summed E-state index contributed by atoms with van der Waals surface area (Å²) >= 11 is 6.37. The van der Waals surface area contributed by atoms with Crippen molar-refractivity contribution in [1.82, 2.24) is 57.3 Å². The lowest BCUT2D eigenvalue weighted by Crippen LogP contribution is -2.06. The average molecular weight is 1820 g/mol. The number of rotatable bonds is 24. The SMILES string of the molecule is C#CCn1c(/C=C/c2ccccc2)nc2ccccc21.CC(C)Cn1c(/C=C/c2ccccc2)nc2ccccc21.CCCCn1c(/C=C/c2ccccc2)nc2ccccc21.Cc1ccc(/C=C/c2nc3ccccc3n2Cc2ccc(C)cc2)cc1.Cc1ccc(/C=C/c2nc3ccccc3n2Cc2ccccc2)cc1.Clc1ccccc1Cn1c(/C=C/c2ccccc2)nc2ccccc21. The monoisotopic (exact) mass is 1820 g/mol. The van der Waals surface area contributed by atoms with Gasteiger partial charge in [-0.15, -0.1) is 6.42 Å². The normalized spacial score (nSPS) is 11.4. The number of benzene rings is 15. The van der Waals surface area contributed by atoms with Crippen LogP contribution in [0.15, 0.2) is 394 Å². The highest BCUT2D eigenvalue weighted by Gasteiger charge is 2.16. The lowest BCUT2D eigenvalue weighted by molar-refractivity contribution is 0.530. The molecule has 0 aliphatic rings. The lowest BCUT2D eigenvalue weighted by atomic mass is 10.1. The molecule has 6 aromatic heterocycles. The Kier molecular flexibility index (Phi) is 32.8. The first kappa shape index (κ1) is 94.6. The van der Waals surface area contributed by atoms with Crippen molar-refractivity contribution in [3.05, 3.63) is 501 Å². The molecule has 0 fully saturated rings. The maximum atomic E-state index is 6.37. The molecule has 0 amide bonds. The summed E-state index contributed by atoms with van der Waals surface area (Å²) in [5, 5.41) is 0.776. The summed E-state index contributed by atoms with van der Waals surface area (Å²) in [6.07, 6.45) is 33.0. The molecule has 6 heterocycles. The minimum Gasteiger partial charge on any atom is -0.324 e. The molecule has 0 saturated heterocycles. The first-order chi connectivity index (χ1) is 67.8. The van der Waals surface area contributed by atoms with Crippen LogP contribution in [0.3, 0.4) is 0 Å². The smallest absolute Gasteiger partial charge is 0.134 e. The number of halogens is 1. The van der Waals surface area contributed by atoms with Crippen LogP contribution < -0.4 is 0 Å². The van der Waals surface area contributed by atoms with Crippen LogP contribution in [-0.4, -0.2) is 57.3 Å². The summed E-state index contributed by atoms with van der Waals surface area (Å²) in [6, 6.07) is 135. The zero-order chi connectivity index (χ0) is 95.0. The second-order valence-electron chi connectivity index (χ2n) is 34.3. The zero-order valence-corrected chi connectivity index (χ0v) is 79.8. The number of para-hydroxylation sites is 12. The minimum absolute atomic E-state index is 0.523. The molecule has 12 nitrogen and oxygen atoms in total. The first-order valence-corrected chi connectivity index (χ1v) is 47.6. The van der Waals surface area contributed by atoms with Gasteiger partial charge in [-0.1, -0.05) is 413 Å². The molecular weight excluding hydrogens is 1700 g/mol. The average Bonchev–Trinajstić information content (AvgIpc) is 1.66. The van der Waals surface area contributed by atoms with Gasteiger partial charge in [0.25, 0.3) is 0 Å². The van der Waals surface area contributed by atoms with E-state index in [-0.39, 0.29) is 0 Å². The number of aromatic nitrogens is 12. The summed E-state index contributed by atoms with van der Waals surface area (Å²) in [5.41, 5.74) is 27.6. The van der Waals surface area contributed by atoms with E-state index in [1.54, 1.807) is 0 Å². The summed E-state index contributed by atoms with van der Waals surface area (Å²) in [4.78, 5) is 28.6. The second kappa shape index (κ2) is 47.9. The van der Waals surface area contributed by atoms with Gasteiger partial charge in [0.2, 0.25) is 0 Å². The minimum atomic E-state index is 0.523. The molecule has 0 atom stereocenters. The molecule has 0 bridgehead atoms. The van der Waals surface area contributed by atoms with Crippen molar-refractivity contribution >= 4 is 151 Å². The second-order valence-corrected chi connectivity index (χ2v) is 34.7. The van der Waals surface area contributed by atoms with Crippen LogP contribution in [-0.2, 0) is 39.3 Å². The van der Waals surface area contributed by atoms with E-state index in [2.05, 4.69) is 395 Å². The predicted octanol–water partition coefficient (Wildman–Crippen LogP) is 31.1. The van der Waals surface area contributed by atoms with E-state index in [0.717, 1.165) is 138 Å². The Morgan fingerprint density at radius 2 is 0.522 bits per heavy atom. The lowest BCUT2D eigenvalue weighted by Gasteiger charge is -2.09. The fraction of sp³-hybridized carbons (Fsp3) is 0.120. The summed E-state index contributed by atoms with van der Waals surface area (Å²) in [6.45, 7) is 17.9. The van der Waals surface area contributed by atoms with Gasteiger partial charge in [0, 0.05) is 31.2 Å². The van der Waals surface area contributed by atoms with Crippen molar-refractivity contribution in [2.45, 2.75) is 93.7 Å². The Labute approximate surface area is 815 Å². The molecule has 15 aromatic carbocycles. The van der Waals surface area contributed by atoms with Crippen LogP contribution in [0.2, 0.25) is 5.02 Å². The molecule has 0 unspecified atom stereocenters. The number of hydrogen-bond acceptors (Lipinski definition) is 6. The summed E-state index contributed by atoms with van der Waals surface area (Å²) < 4.78 is 13.4. The van der Waals surface area contributed by atoms with Gasteiger partial charge in [-0.3, -0.25) is 0 Å². The first-order valence-electron chi connectivity index (χ1n) is 47.2. The molecule has 0 radical (unpaired) electrons. The molecule has 0 spiro atoms. The van der Waals surface area contributed by atoms with Crippen LogP contribution >= 0.6 is 11.6 Å². The number of nitrogens with zero attached hydrogens (tertiary/aromatic N) is 12. The predicted molar refractivity (Wildman–Crippen MR) is 585 cm³/mol. The van der Waals surface area contributed by atoms with E-state index in [0.29, 0.717) is 19.0 Å². The number of imidazole rings is 6. The van der Waals surface area contributed by atoms with E-state index in [1.807, 2.05) is 152 Å². The van der Waals surface area contributed by atoms with Crippen molar-refractivity contribution in [1.29, 1.82) is 0 Å². The van der Waals surface area contributed by atoms with Gasteiger partial charge in [0.15, 0.2) is 0 Å². The molecule has 21 rings (SSSR count). The van der Waals surface area contributed by atoms with E-state index < -0.39 is 0 Å². The molecule has 138 heavy (non-hydrogen) atoms. The van der Waals surface area contributed by atoms with Crippen LogP contribution in [0.5, 0.6) is 0 Å². The molecule has 0 aliphatic carbocycles. The van der Waals surface area contributed by atoms with Gasteiger partial charge >= 0.3 is 0 Å². The summed E-state index contributed by atoms with van der Waals surface area (Å²) in [7, 11) is 0. The molecule has 0 N–H and O–H groups in total. The topological polar surface area (TPSA) is 107 Å². The van der Waals surface area contributed by atoms with Gasteiger partial charge in [0.1, 0.15) is 34.9 Å². The zero-order valence-electron chi connectivity index (χ0n) is 79.0. The molecule has 0 aliphatic heterocycles. The van der Waals surface area contributed by atoms with Crippen molar-refractivity contribution < 1.29 is 0 Å². The van der Waals surface area contributed by atoms with Gasteiger partial charge in [-0.2, -0.15) is 0 Å².